The van der Waals surface area contributed by atoms with Crippen molar-refractivity contribution in [2.45, 2.75) is 0 Å². The van der Waals surface area contributed by atoms with Crippen LogP contribution < -0.4 is 10.9 Å². The molecule has 0 spiro atoms. The number of halogens is 1. The molecule has 1 aromatic carbocycles. The van der Waals surface area contributed by atoms with Gasteiger partial charge in [0.1, 0.15) is 5.69 Å². The van der Waals surface area contributed by atoms with Gasteiger partial charge in [-0.25, -0.2) is 9.89 Å². The van der Waals surface area contributed by atoms with Crippen LogP contribution in [0.1, 0.15) is 20.8 Å². The van der Waals surface area contributed by atoms with E-state index in [4.69, 9.17) is 16.7 Å². The lowest BCUT2D eigenvalue weighted by Gasteiger charge is -2.08. The van der Waals surface area contributed by atoms with Crippen molar-refractivity contribution in [3.8, 4) is 0 Å². The van der Waals surface area contributed by atoms with Gasteiger partial charge in [-0.3, -0.25) is 9.59 Å². The Balaban J connectivity index is 2.30. The molecule has 0 atom stereocenters. The molecule has 1 heterocycles. The Morgan fingerprint density at radius 2 is 2.00 bits per heavy atom. The minimum absolute atomic E-state index is 0.0455. The SMILES string of the molecule is O=C(Nc1ccc(Cl)cc1C(=O)O)c1ccc(=O)[nH]n1. The summed E-state index contributed by atoms with van der Waals surface area (Å²) >= 11 is 5.70. The first-order chi connectivity index (χ1) is 9.47. The lowest BCUT2D eigenvalue weighted by Crippen LogP contribution is -2.19. The quantitative estimate of drug-likeness (QED) is 0.791. The zero-order valence-corrected chi connectivity index (χ0v) is 10.6. The maximum Gasteiger partial charge on any atom is 0.337 e. The number of hydrogen-bond acceptors (Lipinski definition) is 4. The van der Waals surface area contributed by atoms with Crippen LogP contribution in [0.25, 0.3) is 0 Å². The molecule has 0 aliphatic rings. The van der Waals surface area contributed by atoms with E-state index >= 15 is 0 Å². The summed E-state index contributed by atoms with van der Waals surface area (Å²) in [5, 5.41) is 17.3. The molecule has 2 aromatic rings. The Morgan fingerprint density at radius 1 is 1.25 bits per heavy atom. The van der Waals surface area contributed by atoms with E-state index in [1.54, 1.807) is 0 Å². The van der Waals surface area contributed by atoms with Crippen molar-refractivity contribution in [1.29, 1.82) is 0 Å². The number of amides is 1. The fraction of sp³-hybridized carbons (Fsp3) is 0. The molecule has 102 valence electrons. The van der Waals surface area contributed by atoms with Crippen LogP contribution in [0.3, 0.4) is 0 Å². The summed E-state index contributed by atoms with van der Waals surface area (Å²) in [4.78, 5) is 33.8. The third-order valence-corrected chi connectivity index (χ3v) is 2.61. The maximum atomic E-state index is 11.9. The van der Waals surface area contributed by atoms with Crippen molar-refractivity contribution < 1.29 is 14.7 Å². The molecule has 0 unspecified atom stereocenters. The van der Waals surface area contributed by atoms with Crippen LogP contribution in [0.2, 0.25) is 5.02 Å². The number of aromatic carboxylic acids is 1. The van der Waals surface area contributed by atoms with Gasteiger partial charge >= 0.3 is 5.97 Å². The van der Waals surface area contributed by atoms with Gasteiger partial charge in [0.2, 0.25) is 0 Å². The Kier molecular flexibility index (Phi) is 3.81. The zero-order valence-electron chi connectivity index (χ0n) is 9.88. The summed E-state index contributed by atoms with van der Waals surface area (Å²) in [5.41, 5.74) is -0.551. The number of aromatic amines is 1. The molecule has 0 saturated carbocycles. The van der Waals surface area contributed by atoms with Gasteiger partial charge in [-0.1, -0.05) is 11.6 Å². The fourth-order valence-electron chi connectivity index (χ4n) is 1.46. The minimum atomic E-state index is -1.22. The average Bonchev–Trinajstić information content (AvgIpc) is 2.41. The number of rotatable bonds is 3. The van der Waals surface area contributed by atoms with Crippen LogP contribution in [0.15, 0.2) is 35.1 Å². The molecule has 2 rings (SSSR count). The number of H-pyrrole nitrogens is 1. The second-order valence-electron chi connectivity index (χ2n) is 3.76. The van der Waals surface area contributed by atoms with E-state index < -0.39 is 17.4 Å². The van der Waals surface area contributed by atoms with Gasteiger partial charge in [-0.2, -0.15) is 5.10 Å². The number of aromatic nitrogens is 2. The van der Waals surface area contributed by atoms with E-state index in [1.165, 1.54) is 24.3 Å². The average molecular weight is 294 g/mol. The van der Waals surface area contributed by atoms with Gasteiger partial charge in [0.05, 0.1) is 11.3 Å². The van der Waals surface area contributed by atoms with Crippen molar-refractivity contribution in [3.05, 3.63) is 57.0 Å². The van der Waals surface area contributed by atoms with Crippen molar-refractivity contribution in [2.75, 3.05) is 5.32 Å². The van der Waals surface area contributed by atoms with E-state index in [1.807, 2.05) is 0 Å². The number of hydrogen-bond donors (Lipinski definition) is 3. The molecule has 1 aromatic heterocycles. The number of carboxylic acids is 1. The van der Waals surface area contributed by atoms with Crippen molar-refractivity contribution >= 4 is 29.2 Å². The van der Waals surface area contributed by atoms with Crippen LogP contribution >= 0.6 is 11.6 Å². The highest BCUT2D eigenvalue weighted by Gasteiger charge is 2.15. The molecule has 3 N–H and O–H groups in total. The molecular formula is C12H8ClN3O4. The number of carboxylic acid groups (broad SMARTS) is 1. The highest BCUT2D eigenvalue weighted by molar-refractivity contribution is 6.31. The summed E-state index contributed by atoms with van der Waals surface area (Å²) < 4.78 is 0. The van der Waals surface area contributed by atoms with Gasteiger partial charge in [0.25, 0.3) is 11.5 Å². The third-order valence-electron chi connectivity index (χ3n) is 2.37. The molecule has 0 radical (unpaired) electrons. The van der Waals surface area contributed by atoms with E-state index in [9.17, 15) is 14.4 Å². The lowest BCUT2D eigenvalue weighted by molar-refractivity contribution is 0.0698. The third kappa shape index (κ3) is 3.01. The molecule has 20 heavy (non-hydrogen) atoms. The molecular weight excluding hydrogens is 286 g/mol. The molecule has 1 amide bonds. The Bertz CT molecular complexity index is 721. The summed E-state index contributed by atoms with van der Waals surface area (Å²) in [6, 6.07) is 6.41. The van der Waals surface area contributed by atoms with E-state index in [-0.39, 0.29) is 22.0 Å². The van der Waals surface area contributed by atoms with Gasteiger partial charge in [-0.15, -0.1) is 0 Å². The maximum absolute atomic E-state index is 11.9. The van der Waals surface area contributed by atoms with Crippen LogP contribution in [0, 0.1) is 0 Å². The number of carbonyl (C=O) groups excluding carboxylic acids is 1. The molecule has 8 heteroatoms. The molecule has 7 nitrogen and oxygen atoms in total. The van der Waals surface area contributed by atoms with E-state index in [2.05, 4.69) is 15.5 Å². The van der Waals surface area contributed by atoms with Gasteiger partial charge in [0.15, 0.2) is 0 Å². The van der Waals surface area contributed by atoms with E-state index in [0.717, 1.165) is 6.07 Å². The minimum Gasteiger partial charge on any atom is -0.478 e. The molecule has 0 aliphatic carbocycles. The molecule has 0 bridgehead atoms. The fourth-order valence-corrected chi connectivity index (χ4v) is 1.63. The lowest BCUT2D eigenvalue weighted by atomic mass is 10.1. The second-order valence-corrected chi connectivity index (χ2v) is 4.19. The Morgan fingerprint density at radius 3 is 2.60 bits per heavy atom. The van der Waals surface area contributed by atoms with Crippen molar-refractivity contribution in [3.63, 3.8) is 0 Å². The largest absolute Gasteiger partial charge is 0.478 e. The van der Waals surface area contributed by atoms with Gasteiger partial charge in [-0.05, 0) is 24.3 Å². The smallest absolute Gasteiger partial charge is 0.337 e. The molecule has 0 saturated heterocycles. The first-order valence-electron chi connectivity index (χ1n) is 5.37. The predicted octanol–water partition coefficient (Wildman–Crippen LogP) is 1.37. The van der Waals surface area contributed by atoms with Crippen LogP contribution in [0.5, 0.6) is 0 Å². The highest BCUT2D eigenvalue weighted by Crippen LogP contribution is 2.21. The van der Waals surface area contributed by atoms with Gasteiger partial charge < -0.3 is 10.4 Å². The van der Waals surface area contributed by atoms with E-state index in [0.29, 0.717) is 0 Å². The highest BCUT2D eigenvalue weighted by atomic mass is 35.5. The van der Waals surface area contributed by atoms with Crippen LogP contribution in [-0.2, 0) is 0 Å². The molecule has 0 aliphatic heterocycles. The monoisotopic (exact) mass is 293 g/mol. The number of benzene rings is 1. The second kappa shape index (κ2) is 5.54. The Labute approximate surface area is 117 Å². The number of anilines is 1. The van der Waals surface area contributed by atoms with Crippen LogP contribution in [0.4, 0.5) is 5.69 Å². The summed E-state index contributed by atoms with van der Waals surface area (Å²) in [6.07, 6.45) is 0. The number of nitrogens with zero attached hydrogens (tertiary/aromatic N) is 1. The van der Waals surface area contributed by atoms with Crippen molar-refractivity contribution in [1.82, 2.24) is 10.2 Å². The first-order valence-corrected chi connectivity index (χ1v) is 5.75. The number of nitrogens with one attached hydrogen (secondary N) is 2. The molecule has 0 fully saturated rings. The topological polar surface area (TPSA) is 112 Å². The Hall–Kier alpha value is -2.67. The predicted molar refractivity (Wildman–Crippen MR) is 71.2 cm³/mol. The first kappa shape index (κ1) is 13.8. The summed E-state index contributed by atoms with van der Waals surface area (Å²) in [6.45, 7) is 0. The normalized spacial score (nSPS) is 10.1. The standard InChI is InChI=1S/C12H8ClN3O4/c13-6-1-2-8(7(5-6)12(19)20)14-11(18)9-3-4-10(17)16-15-9/h1-5H,(H,14,18)(H,16,17)(H,19,20). The summed E-state index contributed by atoms with van der Waals surface area (Å²) in [7, 11) is 0. The van der Waals surface area contributed by atoms with Gasteiger partial charge in [0, 0.05) is 11.1 Å². The zero-order chi connectivity index (χ0) is 14.7. The summed E-state index contributed by atoms with van der Waals surface area (Å²) in [5.74, 6) is -1.87. The van der Waals surface area contributed by atoms with Crippen molar-refractivity contribution in [2.24, 2.45) is 0 Å². The van der Waals surface area contributed by atoms with Crippen LogP contribution in [-0.4, -0.2) is 27.2 Å². The number of carbonyl (C=O) groups is 2.